The third-order valence-corrected chi connectivity index (χ3v) is 15.3. The van der Waals surface area contributed by atoms with Crippen LogP contribution in [0.15, 0.2) is 109 Å². The molecule has 2 heterocycles. The maximum Gasteiger partial charge on any atom is 0.171 e. The first-order valence-corrected chi connectivity index (χ1v) is 19.7. The Morgan fingerprint density at radius 1 is 0.604 bits per heavy atom. The summed E-state index contributed by atoms with van der Waals surface area (Å²) in [6.45, 7) is 0. The fourth-order valence-corrected chi connectivity index (χ4v) is 13.8. The van der Waals surface area contributed by atoms with Gasteiger partial charge in [0.25, 0.3) is 0 Å². The summed E-state index contributed by atoms with van der Waals surface area (Å²) in [6, 6.07) is 42.9. The molecular weight excluding hydrogens is 645 g/mol. The van der Waals surface area contributed by atoms with E-state index in [-0.39, 0.29) is 23.0 Å². The molecule has 250 valence electrons. The summed E-state index contributed by atoms with van der Waals surface area (Å²) in [5.74, 6) is 2.73. The van der Waals surface area contributed by atoms with Crippen molar-refractivity contribution in [1.82, 2.24) is 4.40 Å². The molecule has 4 bridgehead atoms. The van der Waals surface area contributed by atoms with Gasteiger partial charge in [-0.25, -0.2) is 0 Å². The van der Waals surface area contributed by atoms with Gasteiger partial charge in [-0.2, -0.15) is 5.26 Å². The Hall–Kier alpha value is -5.72. The number of Topliss-reactive ketones (excluding diaryl/α,β-unsaturated/α-hetero) is 1. The summed E-state index contributed by atoms with van der Waals surface area (Å²) in [6.07, 6.45) is 6.31. The number of carbonyl (C=O) groups is 1. The van der Waals surface area contributed by atoms with Crippen LogP contribution in [0.4, 0.5) is 0 Å². The molecule has 53 heavy (non-hydrogen) atoms. The first kappa shape index (κ1) is 27.9. The van der Waals surface area contributed by atoms with Crippen LogP contribution in [0.5, 0.6) is 0 Å². The first-order valence-electron chi connectivity index (χ1n) is 19.7. The van der Waals surface area contributed by atoms with E-state index >= 15 is 4.79 Å². The van der Waals surface area contributed by atoms with Gasteiger partial charge in [0.05, 0.1) is 34.1 Å². The maximum atomic E-state index is 15.0. The van der Waals surface area contributed by atoms with Crippen molar-refractivity contribution in [3.05, 3.63) is 159 Å². The van der Waals surface area contributed by atoms with E-state index in [4.69, 9.17) is 0 Å². The molecule has 0 N–H and O–H groups in total. The Labute approximate surface area is 306 Å². The van der Waals surface area contributed by atoms with E-state index in [9.17, 15) is 5.26 Å². The van der Waals surface area contributed by atoms with Crippen LogP contribution in [0.25, 0.3) is 49.2 Å². The lowest BCUT2D eigenvalue weighted by Gasteiger charge is -2.48. The van der Waals surface area contributed by atoms with Crippen LogP contribution < -0.4 is 0 Å². The molecule has 8 aromatic rings. The highest BCUT2D eigenvalue weighted by Gasteiger charge is 2.69. The van der Waals surface area contributed by atoms with Crippen LogP contribution in [0.2, 0.25) is 0 Å². The lowest BCUT2D eigenvalue weighted by molar-refractivity contribution is 0.0949. The molecule has 3 nitrogen and oxygen atoms in total. The molecule has 3 heteroatoms. The van der Waals surface area contributed by atoms with Crippen LogP contribution in [-0.4, -0.2) is 10.2 Å². The number of rotatable bonds is 1. The molecule has 0 amide bonds. The molecule has 0 saturated heterocycles. The number of carbonyl (C=O) groups excluding carboxylic acids is 1. The van der Waals surface area contributed by atoms with E-state index in [2.05, 4.69) is 120 Å². The lowest BCUT2D eigenvalue weighted by atomic mass is 9.52. The van der Waals surface area contributed by atoms with Crippen LogP contribution in [0, 0.1) is 23.2 Å². The fraction of sp³-hybridized carbons (Fsp3) is 0.240. The molecule has 5 atom stereocenters. The Bertz CT molecular complexity index is 3060. The summed E-state index contributed by atoms with van der Waals surface area (Å²) in [5.41, 5.74) is 16.5. The van der Waals surface area contributed by atoms with Crippen molar-refractivity contribution in [2.24, 2.45) is 11.8 Å². The zero-order valence-corrected chi connectivity index (χ0v) is 29.2. The van der Waals surface area contributed by atoms with Gasteiger partial charge in [-0.3, -0.25) is 4.79 Å². The average Bonchev–Trinajstić information content (AvgIpc) is 3.82. The second-order valence-corrected chi connectivity index (χ2v) is 17.4. The summed E-state index contributed by atoms with van der Waals surface area (Å²) < 4.78 is 2.46. The van der Waals surface area contributed by atoms with Gasteiger partial charge in [-0.1, -0.05) is 78.9 Å². The zero-order chi connectivity index (χ0) is 34.5. The van der Waals surface area contributed by atoms with Gasteiger partial charge in [0.2, 0.25) is 0 Å². The van der Waals surface area contributed by atoms with Crippen LogP contribution in [-0.2, 0) is 5.41 Å². The van der Waals surface area contributed by atoms with Crippen molar-refractivity contribution in [3.8, 4) is 17.2 Å². The van der Waals surface area contributed by atoms with Crippen molar-refractivity contribution in [2.45, 2.75) is 61.2 Å². The van der Waals surface area contributed by atoms with E-state index in [0.29, 0.717) is 11.8 Å². The Balaban J connectivity index is 1.14. The largest absolute Gasteiger partial charge is 0.308 e. The molecule has 6 aromatic carbocycles. The number of fused-ring (bicyclic) bond motifs is 12. The topological polar surface area (TPSA) is 45.3 Å². The predicted octanol–water partition coefficient (Wildman–Crippen LogP) is 11.5. The first-order chi connectivity index (χ1) is 26.1. The van der Waals surface area contributed by atoms with E-state index in [0.717, 1.165) is 34.0 Å². The summed E-state index contributed by atoms with van der Waals surface area (Å²) in [5, 5.41) is 16.0. The maximum absolute atomic E-state index is 15.0. The second kappa shape index (κ2) is 9.07. The number of hydrogen-bond acceptors (Lipinski definition) is 2. The molecule has 2 aromatic heterocycles. The van der Waals surface area contributed by atoms with E-state index in [1.165, 1.54) is 109 Å². The molecule has 5 unspecified atom stereocenters. The van der Waals surface area contributed by atoms with Gasteiger partial charge in [-0.15, -0.1) is 0 Å². The number of nitriles is 1. The minimum atomic E-state index is -0.374. The summed E-state index contributed by atoms with van der Waals surface area (Å²) in [4.78, 5) is 15.0. The SMILES string of the molecule is N#Cc1cc2c(c3c1C1CC4CC(C1)CC3C4)c1cc(-c3ccccc3)cc3c4cc5c(cc4n2c31)C(=O)C1c2ccccc2C2c3ccccc3C512. The fourth-order valence-electron chi connectivity index (χ4n) is 13.8. The van der Waals surface area contributed by atoms with E-state index < -0.39 is 0 Å². The van der Waals surface area contributed by atoms with Crippen LogP contribution >= 0.6 is 0 Å². The van der Waals surface area contributed by atoms with Gasteiger partial charge in [0, 0.05) is 38.4 Å². The third kappa shape index (κ3) is 2.99. The van der Waals surface area contributed by atoms with Crippen molar-refractivity contribution in [1.29, 1.82) is 5.26 Å². The molecular formula is C50H34N2O. The zero-order valence-electron chi connectivity index (χ0n) is 29.2. The van der Waals surface area contributed by atoms with Crippen molar-refractivity contribution < 1.29 is 4.79 Å². The van der Waals surface area contributed by atoms with E-state index in [1.54, 1.807) is 0 Å². The highest BCUT2D eigenvalue weighted by atomic mass is 16.1. The van der Waals surface area contributed by atoms with E-state index in [1.807, 2.05) is 0 Å². The standard InChI is InChI=1S/C50H34N2O/c51-24-31-21-42-45(44-30-17-25-14-26(18-30)16-29(15-25)43(31)44)38-20-28(27-8-2-1-3-9-27)19-36-35-22-40-37(23-41(35)52(42)48(36)38)49(53)47-33-11-5-4-10-32(33)46-34-12-6-7-13-39(34)50(40,46)47/h1-13,19-23,25-26,29-30,46-47H,14-18H2. The van der Waals surface area contributed by atoms with Crippen LogP contribution in [0.3, 0.4) is 0 Å². The van der Waals surface area contributed by atoms with Gasteiger partial charge in [0.1, 0.15) is 0 Å². The summed E-state index contributed by atoms with van der Waals surface area (Å²) >= 11 is 0. The second-order valence-electron chi connectivity index (χ2n) is 17.4. The average molecular weight is 679 g/mol. The number of aromatic nitrogens is 1. The number of hydrogen-bond donors (Lipinski definition) is 0. The summed E-state index contributed by atoms with van der Waals surface area (Å²) in [7, 11) is 0. The molecule has 15 rings (SSSR count). The van der Waals surface area contributed by atoms with Gasteiger partial charge in [0.15, 0.2) is 5.78 Å². The monoisotopic (exact) mass is 678 g/mol. The highest BCUT2D eigenvalue weighted by Crippen LogP contribution is 2.73. The number of nitrogens with zero attached hydrogens (tertiary/aromatic N) is 2. The quantitative estimate of drug-likeness (QED) is 0.173. The molecule has 2 saturated carbocycles. The molecule has 1 spiro atoms. The number of ketones is 1. The normalized spacial score (nSPS) is 28.1. The third-order valence-electron chi connectivity index (χ3n) is 15.3. The minimum absolute atomic E-state index is 0.180. The lowest BCUT2D eigenvalue weighted by Crippen LogP contribution is -2.43. The molecule has 0 radical (unpaired) electrons. The smallest absolute Gasteiger partial charge is 0.171 e. The molecule has 2 fully saturated rings. The molecule has 0 aliphatic heterocycles. The Morgan fingerprint density at radius 3 is 2.06 bits per heavy atom. The molecule has 7 aliphatic rings. The Kier molecular flexibility index (Phi) is 4.77. The van der Waals surface area contributed by atoms with Crippen LogP contribution in [0.1, 0.15) is 111 Å². The van der Waals surface area contributed by atoms with Gasteiger partial charge in [-0.05, 0) is 136 Å². The van der Waals surface area contributed by atoms with Crippen molar-refractivity contribution in [3.63, 3.8) is 0 Å². The van der Waals surface area contributed by atoms with Gasteiger partial charge >= 0.3 is 0 Å². The number of benzene rings is 6. The predicted molar refractivity (Wildman–Crippen MR) is 209 cm³/mol. The highest BCUT2D eigenvalue weighted by molar-refractivity contribution is 6.27. The van der Waals surface area contributed by atoms with Gasteiger partial charge < -0.3 is 4.40 Å². The van der Waals surface area contributed by atoms with Crippen molar-refractivity contribution >= 4 is 43.9 Å². The molecule has 7 aliphatic carbocycles. The minimum Gasteiger partial charge on any atom is -0.308 e. The Morgan fingerprint density at radius 2 is 1.28 bits per heavy atom. The van der Waals surface area contributed by atoms with Crippen molar-refractivity contribution in [2.75, 3.05) is 0 Å².